The summed E-state index contributed by atoms with van der Waals surface area (Å²) in [5.74, 6) is 0.951. The number of pyridine rings is 1. The number of rotatable bonds is 7. The van der Waals surface area contributed by atoms with Crippen LogP contribution >= 0.6 is 11.8 Å². The van der Waals surface area contributed by atoms with Crippen molar-refractivity contribution in [3.63, 3.8) is 0 Å². The van der Waals surface area contributed by atoms with Crippen LogP contribution in [0.2, 0.25) is 0 Å². The molecule has 94 valence electrons. The minimum atomic E-state index is -0.433. The van der Waals surface area contributed by atoms with Crippen molar-refractivity contribution in [2.24, 2.45) is 0 Å². The van der Waals surface area contributed by atoms with Crippen molar-refractivity contribution in [2.45, 2.75) is 18.9 Å². The van der Waals surface area contributed by atoms with Gasteiger partial charge in [-0.2, -0.15) is 0 Å². The predicted molar refractivity (Wildman–Crippen MR) is 69.4 cm³/mol. The van der Waals surface area contributed by atoms with Crippen LogP contribution in [-0.2, 0) is 0 Å². The summed E-state index contributed by atoms with van der Waals surface area (Å²) in [5, 5.41) is 11.3. The first-order valence-electron chi connectivity index (χ1n) is 5.63. The first-order chi connectivity index (χ1) is 8.17. The largest absolute Gasteiger partial charge is 0.303 e. The van der Waals surface area contributed by atoms with E-state index in [2.05, 4.69) is 23.7 Å². The molecule has 5 nitrogen and oxygen atoms in total. The molecule has 0 amide bonds. The van der Waals surface area contributed by atoms with Crippen molar-refractivity contribution in [3.05, 3.63) is 28.4 Å². The van der Waals surface area contributed by atoms with Gasteiger partial charge in [0.25, 0.3) is 5.69 Å². The van der Waals surface area contributed by atoms with E-state index in [1.165, 1.54) is 12.3 Å². The number of hydrogen-bond acceptors (Lipinski definition) is 5. The fourth-order valence-corrected chi connectivity index (χ4v) is 2.24. The molecule has 0 spiro atoms. The van der Waals surface area contributed by atoms with Gasteiger partial charge in [0.1, 0.15) is 6.20 Å². The molecule has 0 aromatic carbocycles. The van der Waals surface area contributed by atoms with Gasteiger partial charge in [-0.1, -0.05) is 13.8 Å². The van der Waals surface area contributed by atoms with Crippen molar-refractivity contribution in [1.29, 1.82) is 0 Å². The lowest BCUT2D eigenvalue weighted by Crippen LogP contribution is -2.25. The fraction of sp³-hybridized carbons (Fsp3) is 0.545. The van der Waals surface area contributed by atoms with E-state index in [0.29, 0.717) is 0 Å². The van der Waals surface area contributed by atoms with Crippen LogP contribution in [0.25, 0.3) is 0 Å². The normalized spacial score (nSPS) is 10.8. The number of nitro groups is 1. The quantitative estimate of drug-likeness (QED) is 0.425. The molecule has 1 aromatic heterocycles. The summed E-state index contributed by atoms with van der Waals surface area (Å²) < 4.78 is 0. The first-order valence-corrected chi connectivity index (χ1v) is 6.61. The Bertz CT molecular complexity index is 352. The smallest absolute Gasteiger partial charge is 0.287 e. The second kappa shape index (κ2) is 7.24. The standard InChI is InChI=1S/C11H17N3O2S/c1-3-13(4-2)7-8-17-11-6-5-10(9-12-11)14(15)16/h5-6,9H,3-4,7-8H2,1-2H3. The highest BCUT2D eigenvalue weighted by molar-refractivity contribution is 7.99. The maximum atomic E-state index is 10.4. The summed E-state index contributed by atoms with van der Waals surface area (Å²) in [7, 11) is 0. The lowest BCUT2D eigenvalue weighted by molar-refractivity contribution is -0.385. The Balaban J connectivity index is 2.39. The highest BCUT2D eigenvalue weighted by atomic mass is 32.2. The van der Waals surface area contributed by atoms with Gasteiger partial charge in [0, 0.05) is 18.4 Å². The Labute approximate surface area is 105 Å². The zero-order valence-corrected chi connectivity index (χ0v) is 10.9. The Hall–Kier alpha value is -1.14. The van der Waals surface area contributed by atoms with Crippen molar-refractivity contribution in [3.8, 4) is 0 Å². The van der Waals surface area contributed by atoms with Gasteiger partial charge < -0.3 is 4.90 Å². The summed E-state index contributed by atoms with van der Waals surface area (Å²) in [6.45, 7) is 7.38. The van der Waals surface area contributed by atoms with Crippen molar-refractivity contribution < 1.29 is 4.92 Å². The Morgan fingerprint density at radius 2 is 2.12 bits per heavy atom. The molecule has 0 saturated carbocycles. The minimum absolute atomic E-state index is 0.0399. The second-order valence-electron chi connectivity index (χ2n) is 3.49. The number of aromatic nitrogens is 1. The van der Waals surface area contributed by atoms with E-state index in [1.54, 1.807) is 17.8 Å². The van der Waals surface area contributed by atoms with Gasteiger partial charge in [-0.25, -0.2) is 4.98 Å². The van der Waals surface area contributed by atoms with E-state index in [-0.39, 0.29) is 5.69 Å². The topological polar surface area (TPSA) is 59.3 Å². The molecule has 0 fully saturated rings. The molecule has 0 bridgehead atoms. The molecule has 1 aromatic rings. The lowest BCUT2D eigenvalue weighted by Gasteiger charge is -2.16. The van der Waals surface area contributed by atoms with Crippen LogP contribution in [0.1, 0.15) is 13.8 Å². The molecule has 0 aliphatic heterocycles. The van der Waals surface area contributed by atoms with Gasteiger partial charge in [-0.3, -0.25) is 10.1 Å². The Kier molecular flexibility index (Phi) is 5.93. The fourth-order valence-electron chi connectivity index (χ4n) is 1.39. The molecule has 6 heteroatoms. The van der Waals surface area contributed by atoms with Crippen molar-refractivity contribution >= 4 is 17.4 Å². The third-order valence-electron chi connectivity index (χ3n) is 2.48. The molecule has 0 aliphatic carbocycles. The minimum Gasteiger partial charge on any atom is -0.303 e. The average Bonchev–Trinajstić information content (AvgIpc) is 2.35. The average molecular weight is 255 g/mol. The molecule has 17 heavy (non-hydrogen) atoms. The van der Waals surface area contributed by atoms with E-state index in [0.717, 1.165) is 30.4 Å². The second-order valence-corrected chi connectivity index (χ2v) is 4.60. The van der Waals surface area contributed by atoms with Gasteiger partial charge in [0.15, 0.2) is 0 Å². The first kappa shape index (κ1) is 13.9. The molecule has 1 heterocycles. The number of nitrogens with zero attached hydrogens (tertiary/aromatic N) is 3. The van der Waals surface area contributed by atoms with Crippen LogP contribution in [0.5, 0.6) is 0 Å². The zero-order valence-electron chi connectivity index (χ0n) is 10.1. The molecular formula is C11H17N3O2S. The van der Waals surface area contributed by atoms with Gasteiger partial charge in [-0.15, -0.1) is 11.8 Å². The molecule has 0 radical (unpaired) electrons. The van der Waals surface area contributed by atoms with Gasteiger partial charge in [-0.05, 0) is 19.2 Å². The van der Waals surface area contributed by atoms with Gasteiger partial charge in [0.05, 0.1) is 9.95 Å². The highest BCUT2D eigenvalue weighted by Crippen LogP contribution is 2.18. The van der Waals surface area contributed by atoms with Crippen LogP contribution in [0.15, 0.2) is 23.4 Å². The Morgan fingerprint density at radius 3 is 2.59 bits per heavy atom. The molecule has 0 saturated heterocycles. The summed E-state index contributed by atoms with van der Waals surface area (Å²) in [6, 6.07) is 3.19. The zero-order chi connectivity index (χ0) is 12.7. The summed E-state index contributed by atoms with van der Waals surface area (Å²) in [5.41, 5.74) is 0.0399. The van der Waals surface area contributed by atoms with E-state index in [4.69, 9.17) is 0 Å². The number of thioether (sulfide) groups is 1. The van der Waals surface area contributed by atoms with Gasteiger partial charge >= 0.3 is 0 Å². The SMILES string of the molecule is CCN(CC)CCSc1ccc([N+](=O)[O-])cn1. The summed E-state index contributed by atoms with van der Waals surface area (Å²) in [6.07, 6.45) is 1.31. The molecular weight excluding hydrogens is 238 g/mol. The molecule has 0 unspecified atom stereocenters. The molecule has 0 atom stereocenters. The third-order valence-corrected chi connectivity index (χ3v) is 3.41. The summed E-state index contributed by atoms with van der Waals surface area (Å²) >= 11 is 1.62. The Morgan fingerprint density at radius 1 is 1.41 bits per heavy atom. The highest BCUT2D eigenvalue weighted by Gasteiger charge is 2.06. The molecule has 0 aliphatic rings. The molecule has 0 N–H and O–H groups in total. The monoisotopic (exact) mass is 255 g/mol. The van der Waals surface area contributed by atoms with Crippen LogP contribution < -0.4 is 0 Å². The van der Waals surface area contributed by atoms with Crippen LogP contribution in [0.4, 0.5) is 5.69 Å². The van der Waals surface area contributed by atoms with Crippen LogP contribution in [-0.4, -0.2) is 40.2 Å². The van der Waals surface area contributed by atoms with Crippen LogP contribution in [0, 0.1) is 10.1 Å². The van der Waals surface area contributed by atoms with E-state index < -0.39 is 4.92 Å². The van der Waals surface area contributed by atoms with Gasteiger partial charge in [0.2, 0.25) is 0 Å². The maximum Gasteiger partial charge on any atom is 0.287 e. The number of hydrogen-bond donors (Lipinski definition) is 0. The van der Waals surface area contributed by atoms with Crippen molar-refractivity contribution in [2.75, 3.05) is 25.4 Å². The molecule has 1 rings (SSSR count). The van der Waals surface area contributed by atoms with Crippen LogP contribution in [0.3, 0.4) is 0 Å². The maximum absolute atomic E-state index is 10.4. The predicted octanol–water partition coefficient (Wildman–Crippen LogP) is 2.42. The van der Waals surface area contributed by atoms with E-state index in [9.17, 15) is 10.1 Å². The van der Waals surface area contributed by atoms with Crippen molar-refractivity contribution in [1.82, 2.24) is 9.88 Å². The van der Waals surface area contributed by atoms with E-state index >= 15 is 0 Å². The summed E-state index contributed by atoms with van der Waals surface area (Å²) in [4.78, 5) is 16.4. The lowest BCUT2D eigenvalue weighted by atomic mass is 10.4. The third kappa shape index (κ3) is 4.70. The van der Waals surface area contributed by atoms with E-state index in [1.807, 2.05) is 0 Å².